The van der Waals surface area contributed by atoms with Gasteiger partial charge in [-0.15, -0.1) is 0 Å². The Labute approximate surface area is 134 Å². The summed E-state index contributed by atoms with van der Waals surface area (Å²) < 4.78 is 1.42. The Bertz CT molecular complexity index is 815. The van der Waals surface area contributed by atoms with Crippen molar-refractivity contribution in [3.63, 3.8) is 0 Å². The van der Waals surface area contributed by atoms with Crippen molar-refractivity contribution in [2.75, 3.05) is 13.1 Å². The van der Waals surface area contributed by atoms with Crippen LogP contribution in [-0.2, 0) is 0 Å². The fraction of sp³-hybridized carbons (Fsp3) is 0.444. The number of fused-ring (bicyclic) bond motifs is 1. The lowest BCUT2D eigenvalue weighted by atomic mass is 10.1. The molecule has 2 aliphatic rings. The van der Waals surface area contributed by atoms with Gasteiger partial charge in [0.05, 0.1) is 5.69 Å². The topological polar surface area (TPSA) is 58.1 Å². The van der Waals surface area contributed by atoms with Crippen molar-refractivity contribution < 1.29 is 4.79 Å². The third-order valence-corrected chi connectivity index (χ3v) is 5.65. The lowest BCUT2D eigenvalue weighted by Gasteiger charge is -2.21. The Hall–Kier alpha value is -2.30. The van der Waals surface area contributed by atoms with Crippen LogP contribution >= 0.6 is 0 Å². The highest BCUT2D eigenvalue weighted by Gasteiger charge is 2.62. The minimum atomic E-state index is -0.207. The Balaban J connectivity index is 1.57. The normalized spacial score (nSPS) is 24.6. The van der Waals surface area contributed by atoms with Crippen LogP contribution in [0.25, 0.3) is 5.69 Å². The van der Waals surface area contributed by atoms with Gasteiger partial charge in [-0.2, -0.15) is 0 Å². The van der Waals surface area contributed by atoms with Gasteiger partial charge < -0.3 is 4.90 Å². The molecule has 1 aliphatic carbocycles. The molecule has 1 aromatic carbocycles. The first-order valence-electron chi connectivity index (χ1n) is 8.06. The van der Waals surface area contributed by atoms with Gasteiger partial charge in [0.25, 0.3) is 11.5 Å². The van der Waals surface area contributed by atoms with E-state index in [9.17, 15) is 9.59 Å². The van der Waals surface area contributed by atoms with Crippen LogP contribution in [0, 0.1) is 24.2 Å². The molecular formula is C18H21N3O2. The summed E-state index contributed by atoms with van der Waals surface area (Å²) in [5.41, 5.74) is 2.41. The number of carbonyl (C=O) groups is 1. The monoisotopic (exact) mass is 311 g/mol. The van der Waals surface area contributed by atoms with Crippen molar-refractivity contribution in [3.8, 4) is 5.69 Å². The van der Waals surface area contributed by atoms with E-state index in [0.29, 0.717) is 22.9 Å². The molecule has 5 nitrogen and oxygen atoms in total. The van der Waals surface area contributed by atoms with Crippen LogP contribution in [-0.4, -0.2) is 33.7 Å². The van der Waals surface area contributed by atoms with Crippen LogP contribution < -0.4 is 5.56 Å². The van der Waals surface area contributed by atoms with E-state index in [0.717, 1.165) is 24.3 Å². The van der Waals surface area contributed by atoms with Gasteiger partial charge >= 0.3 is 0 Å². The van der Waals surface area contributed by atoms with E-state index < -0.39 is 0 Å². The molecule has 1 aromatic heterocycles. The van der Waals surface area contributed by atoms with Crippen LogP contribution in [0.2, 0.25) is 0 Å². The molecule has 1 amide bonds. The van der Waals surface area contributed by atoms with E-state index >= 15 is 0 Å². The Morgan fingerprint density at radius 2 is 1.78 bits per heavy atom. The minimum Gasteiger partial charge on any atom is -0.337 e. The molecule has 120 valence electrons. The van der Waals surface area contributed by atoms with Crippen LogP contribution in [0.4, 0.5) is 0 Å². The fourth-order valence-electron chi connectivity index (χ4n) is 3.86. The van der Waals surface area contributed by atoms with Crippen molar-refractivity contribution in [1.29, 1.82) is 0 Å². The summed E-state index contributed by atoms with van der Waals surface area (Å²) in [6.45, 7) is 8.12. The zero-order valence-electron chi connectivity index (χ0n) is 13.7. The molecule has 23 heavy (non-hydrogen) atoms. The van der Waals surface area contributed by atoms with Gasteiger partial charge in [0.2, 0.25) is 0 Å². The second-order valence-corrected chi connectivity index (χ2v) is 7.42. The number of benzene rings is 1. The average molecular weight is 311 g/mol. The number of likely N-dealkylation sites (tertiary alicyclic amines) is 1. The van der Waals surface area contributed by atoms with Gasteiger partial charge in [0, 0.05) is 19.2 Å². The molecule has 2 heterocycles. The maximum absolute atomic E-state index is 12.6. The summed E-state index contributed by atoms with van der Waals surface area (Å²) in [5.74, 6) is 1.14. The number of amides is 1. The highest BCUT2D eigenvalue weighted by molar-refractivity contribution is 5.92. The van der Waals surface area contributed by atoms with Gasteiger partial charge in [0.15, 0.2) is 0 Å². The first-order valence-corrected chi connectivity index (χ1v) is 8.06. The molecule has 1 saturated heterocycles. The molecule has 0 spiro atoms. The van der Waals surface area contributed by atoms with Crippen molar-refractivity contribution in [2.45, 2.75) is 20.8 Å². The number of aryl methyl sites for hydroxylation is 1. The van der Waals surface area contributed by atoms with Gasteiger partial charge in [-0.05, 0) is 36.3 Å². The maximum Gasteiger partial charge on any atom is 0.271 e. The molecule has 1 aliphatic heterocycles. The number of aromatic nitrogens is 2. The first-order chi connectivity index (χ1) is 10.9. The SMILES string of the molecule is Cc1ccc(-n2[nH]c(C(=O)N3C[C@@H]4[C@H](C3)C4(C)C)cc2=O)cc1. The molecule has 1 saturated carbocycles. The third-order valence-electron chi connectivity index (χ3n) is 5.65. The molecule has 2 aromatic rings. The van der Waals surface area contributed by atoms with Crippen LogP contribution in [0.1, 0.15) is 29.9 Å². The third kappa shape index (κ3) is 2.14. The summed E-state index contributed by atoms with van der Waals surface area (Å²) >= 11 is 0. The first kappa shape index (κ1) is 14.3. The number of H-pyrrole nitrogens is 1. The van der Waals surface area contributed by atoms with Gasteiger partial charge in [-0.1, -0.05) is 31.5 Å². The van der Waals surface area contributed by atoms with E-state index in [1.54, 1.807) is 0 Å². The van der Waals surface area contributed by atoms with E-state index in [-0.39, 0.29) is 11.5 Å². The zero-order valence-corrected chi connectivity index (χ0v) is 13.7. The lowest BCUT2D eigenvalue weighted by Crippen LogP contribution is -2.33. The molecule has 0 unspecified atom stereocenters. The largest absolute Gasteiger partial charge is 0.337 e. The summed E-state index contributed by atoms with van der Waals surface area (Å²) in [7, 11) is 0. The molecule has 1 N–H and O–H groups in total. The highest BCUT2D eigenvalue weighted by atomic mass is 16.2. The number of rotatable bonds is 2. The zero-order chi connectivity index (χ0) is 16.4. The molecule has 0 bridgehead atoms. The van der Waals surface area contributed by atoms with Crippen molar-refractivity contribution in [1.82, 2.24) is 14.7 Å². The summed E-state index contributed by atoms with van der Waals surface area (Å²) in [6.07, 6.45) is 0. The predicted octanol–water partition coefficient (Wildman–Crippen LogP) is 2.20. The number of aromatic amines is 1. The number of carbonyl (C=O) groups excluding carboxylic acids is 1. The van der Waals surface area contributed by atoms with Crippen LogP contribution in [0.15, 0.2) is 35.1 Å². The number of hydrogen-bond donors (Lipinski definition) is 1. The number of nitrogens with one attached hydrogen (secondary N) is 1. The molecule has 4 rings (SSSR count). The number of piperidine rings is 1. The Morgan fingerprint density at radius 3 is 2.39 bits per heavy atom. The van der Waals surface area contributed by atoms with Crippen molar-refractivity contribution in [3.05, 3.63) is 51.9 Å². The second kappa shape index (κ2) is 4.60. The Morgan fingerprint density at radius 1 is 1.17 bits per heavy atom. The molecule has 2 fully saturated rings. The van der Waals surface area contributed by atoms with E-state index in [1.165, 1.54) is 10.7 Å². The molecule has 5 heteroatoms. The lowest BCUT2D eigenvalue weighted by molar-refractivity contribution is 0.0751. The molecule has 0 radical (unpaired) electrons. The summed E-state index contributed by atoms with van der Waals surface area (Å²) in [6, 6.07) is 9.03. The van der Waals surface area contributed by atoms with Crippen LogP contribution in [0.3, 0.4) is 0 Å². The predicted molar refractivity (Wildman–Crippen MR) is 87.8 cm³/mol. The average Bonchev–Trinajstić information content (AvgIpc) is 2.95. The number of hydrogen-bond acceptors (Lipinski definition) is 2. The van der Waals surface area contributed by atoms with Gasteiger partial charge in [-0.3, -0.25) is 14.7 Å². The molecule has 2 atom stereocenters. The van der Waals surface area contributed by atoms with E-state index in [1.807, 2.05) is 36.1 Å². The minimum absolute atomic E-state index is 0.0732. The summed E-state index contributed by atoms with van der Waals surface area (Å²) in [4.78, 5) is 26.7. The maximum atomic E-state index is 12.6. The highest BCUT2D eigenvalue weighted by Crippen LogP contribution is 2.62. The van der Waals surface area contributed by atoms with E-state index in [2.05, 4.69) is 18.9 Å². The van der Waals surface area contributed by atoms with Gasteiger partial charge in [0.1, 0.15) is 5.69 Å². The van der Waals surface area contributed by atoms with Gasteiger partial charge in [-0.25, -0.2) is 4.68 Å². The van der Waals surface area contributed by atoms with Crippen molar-refractivity contribution in [2.24, 2.45) is 17.3 Å². The quantitative estimate of drug-likeness (QED) is 0.924. The fourth-order valence-corrected chi connectivity index (χ4v) is 3.86. The summed E-state index contributed by atoms with van der Waals surface area (Å²) in [5, 5.41) is 2.96. The molecular weight excluding hydrogens is 290 g/mol. The number of nitrogens with zero attached hydrogens (tertiary/aromatic N) is 2. The standard InChI is InChI=1S/C18H21N3O2/c1-11-4-6-12(7-5-11)21-16(22)8-15(19-21)17(23)20-9-13-14(10-20)18(13,2)3/h4-8,13-14,19H,9-10H2,1-3H3/t13-,14+. The Kier molecular flexibility index (Phi) is 2.86. The van der Waals surface area contributed by atoms with Crippen LogP contribution in [0.5, 0.6) is 0 Å². The smallest absolute Gasteiger partial charge is 0.271 e. The second-order valence-electron chi connectivity index (χ2n) is 7.42. The van der Waals surface area contributed by atoms with Crippen molar-refractivity contribution >= 4 is 5.91 Å². The van der Waals surface area contributed by atoms with E-state index in [4.69, 9.17) is 0 Å².